The van der Waals surface area contributed by atoms with Gasteiger partial charge in [-0.3, -0.25) is 4.68 Å². The molecule has 2 saturated carbocycles. The van der Waals surface area contributed by atoms with Crippen molar-refractivity contribution in [1.29, 1.82) is 0 Å². The highest BCUT2D eigenvalue weighted by Gasteiger charge is 2.49. The van der Waals surface area contributed by atoms with E-state index in [1.807, 2.05) is 91.1 Å². The summed E-state index contributed by atoms with van der Waals surface area (Å²) in [5.41, 5.74) is 4.13. The molecule has 4 heterocycles. The first kappa shape index (κ1) is 41.2. The van der Waals surface area contributed by atoms with Gasteiger partial charge in [-0.15, -0.1) is 0 Å². The number of ether oxygens (including phenoxy) is 2. The molecule has 0 unspecified atom stereocenters. The molecular formula is C53H53FN6O5. The van der Waals surface area contributed by atoms with Crippen LogP contribution in [0.4, 0.5) is 15.0 Å². The number of aliphatic hydroxyl groups excluding tert-OH is 1. The van der Waals surface area contributed by atoms with E-state index < -0.39 is 17.0 Å². The van der Waals surface area contributed by atoms with Crippen molar-refractivity contribution in [3.05, 3.63) is 143 Å². The average Bonchev–Trinajstić information content (AvgIpc) is 4.19. The van der Waals surface area contributed by atoms with Crippen LogP contribution in [0.25, 0.3) is 32.9 Å². The van der Waals surface area contributed by atoms with E-state index in [4.69, 9.17) is 24.5 Å². The number of aliphatic hydroxyl groups is 1. The van der Waals surface area contributed by atoms with Gasteiger partial charge in [0.15, 0.2) is 0 Å². The summed E-state index contributed by atoms with van der Waals surface area (Å²) in [5.74, 6) is 0.221. The third-order valence-electron chi connectivity index (χ3n) is 14.1. The lowest BCUT2D eigenvalue weighted by atomic mass is 9.77. The molecule has 1 amide bonds. The maximum Gasteiger partial charge on any atom is 0.410 e. The van der Waals surface area contributed by atoms with Crippen molar-refractivity contribution >= 4 is 33.7 Å². The van der Waals surface area contributed by atoms with E-state index in [2.05, 4.69) is 47.4 Å². The Balaban J connectivity index is 1.11. The summed E-state index contributed by atoms with van der Waals surface area (Å²) >= 11 is 0. The average molecular weight is 873 g/mol. The number of hydrogen-bond acceptors (Lipinski definition) is 9. The third kappa shape index (κ3) is 6.95. The van der Waals surface area contributed by atoms with Gasteiger partial charge in [0.05, 0.1) is 30.8 Å². The summed E-state index contributed by atoms with van der Waals surface area (Å²) in [5, 5.41) is 29.7. The first-order valence-electron chi connectivity index (χ1n) is 22.8. The van der Waals surface area contributed by atoms with Crippen LogP contribution < -0.4 is 9.64 Å². The number of nitrogens with zero attached hydrogens (tertiary/aromatic N) is 6. The molecule has 2 aliphatic heterocycles. The number of aromatic nitrogens is 4. The minimum Gasteiger partial charge on any atom is -0.505 e. The van der Waals surface area contributed by atoms with E-state index in [0.29, 0.717) is 57.4 Å². The van der Waals surface area contributed by atoms with Crippen molar-refractivity contribution in [3.63, 3.8) is 0 Å². The number of fused-ring (bicyclic) bond motifs is 4. The minimum atomic E-state index is -0.953. The number of anilines is 1. The fraction of sp³-hybridized carbons (Fsp3) is 0.358. The van der Waals surface area contributed by atoms with Gasteiger partial charge in [0.2, 0.25) is 0 Å². The standard InChI is InChI=1S/C53H53FN6O5/c1-32-42(54)26-43-41(29-60(57-43)53(34-14-8-5-9-15-34,35-16-10-6-11-17-35)36-18-12-7-13-19-36)44(32)45-39(33-20-21-33)25-40-46(47(45)62)55-49(64-31-52(30-61)22-23-52)56-48(40)58-27-38-24-37(58)28-59(38)50(63)65-51(2,3)4/h5-19,25-26,29,33,37-38,61-62H,20-24,27-28,30-31H2,1-4H3/t37-,38-/m0/s1. The maximum atomic E-state index is 16.7. The van der Waals surface area contributed by atoms with E-state index >= 15 is 4.39 Å². The van der Waals surface area contributed by atoms with E-state index in [9.17, 15) is 15.0 Å². The fourth-order valence-electron chi connectivity index (χ4n) is 10.4. The SMILES string of the molecule is Cc1c(F)cc2nn(C(c3ccccc3)(c3ccccc3)c3ccccc3)cc2c1-c1c(C2CC2)cc2c(N3C[C@@H]4C[C@H]3CN4C(=O)OC(C)(C)C)nc(OCC3(CO)CC3)nc2c1O. The van der Waals surface area contributed by atoms with Gasteiger partial charge in [-0.2, -0.15) is 15.1 Å². The number of aromatic hydroxyl groups is 1. The molecular weight excluding hydrogens is 820 g/mol. The zero-order valence-electron chi connectivity index (χ0n) is 37.2. The van der Waals surface area contributed by atoms with Gasteiger partial charge in [0, 0.05) is 52.7 Å². The zero-order chi connectivity index (χ0) is 44.8. The molecule has 2 N–H and O–H groups in total. The number of piperazine rings is 1. The Kier molecular flexibility index (Phi) is 9.69. The van der Waals surface area contributed by atoms with Crippen molar-refractivity contribution in [2.75, 3.05) is 31.2 Å². The van der Waals surface area contributed by atoms with Crippen LogP contribution in [-0.4, -0.2) is 84.9 Å². The van der Waals surface area contributed by atoms with Crippen molar-refractivity contribution in [2.45, 2.75) is 88.9 Å². The van der Waals surface area contributed by atoms with Gasteiger partial charge in [-0.1, -0.05) is 91.0 Å². The van der Waals surface area contributed by atoms with Gasteiger partial charge in [-0.25, -0.2) is 9.18 Å². The smallest absolute Gasteiger partial charge is 0.410 e. The van der Waals surface area contributed by atoms with Crippen LogP contribution in [-0.2, 0) is 10.3 Å². The largest absolute Gasteiger partial charge is 0.505 e. The quantitative estimate of drug-likeness (QED) is 0.122. The first-order valence-corrected chi connectivity index (χ1v) is 22.8. The summed E-state index contributed by atoms with van der Waals surface area (Å²) in [4.78, 5) is 27.3. The Morgan fingerprint density at radius 3 is 2.02 bits per heavy atom. The molecule has 5 aromatic carbocycles. The molecule has 332 valence electrons. The minimum absolute atomic E-state index is 0.00734. The molecule has 11 rings (SSSR count). The Morgan fingerprint density at radius 1 is 0.846 bits per heavy atom. The third-order valence-corrected chi connectivity index (χ3v) is 14.1. The molecule has 2 saturated heterocycles. The molecule has 2 bridgehead atoms. The lowest BCUT2D eigenvalue weighted by Gasteiger charge is -2.36. The maximum absolute atomic E-state index is 16.7. The van der Waals surface area contributed by atoms with E-state index in [0.717, 1.165) is 54.4 Å². The molecule has 4 aliphatic rings. The predicted octanol–water partition coefficient (Wildman–Crippen LogP) is 9.87. The van der Waals surface area contributed by atoms with Crippen molar-refractivity contribution < 1.29 is 28.9 Å². The molecule has 11 nitrogen and oxygen atoms in total. The summed E-state index contributed by atoms with van der Waals surface area (Å²) in [6.07, 6.45) is 5.92. The second kappa shape index (κ2) is 15.3. The molecule has 2 aromatic heterocycles. The summed E-state index contributed by atoms with van der Waals surface area (Å²) < 4.78 is 30.7. The van der Waals surface area contributed by atoms with Crippen molar-refractivity contribution in [2.24, 2.45) is 5.41 Å². The Bertz CT molecular complexity index is 2870. The number of rotatable bonds is 11. The highest BCUT2D eigenvalue weighted by molar-refractivity contribution is 6.06. The normalized spacial score (nSPS) is 19.0. The lowest BCUT2D eigenvalue weighted by Crippen LogP contribution is -2.50. The monoisotopic (exact) mass is 872 g/mol. The Morgan fingerprint density at radius 2 is 1.48 bits per heavy atom. The zero-order valence-corrected chi connectivity index (χ0v) is 37.2. The predicted molar refractivity (Wildman–Crippen MR) is 248 cm³/mol. The molecule has 7 aromatic rings. The number of phenols is 1. The van der Waals surface area contributed by atoms with Crippen LogP contribution in [0.2, 0.25) is 0 Å². The second-order valence-corrected chi connectivity index (χ2v) is 19.6. The number of hydrogen-bond donors (Lipinski definition) is 2. The van der Waals surface area contributed by atoms with Crippen LogP contribution in [0.1, 0.15) is 86.6 Å². The molecule has 2 atom stereocenters. The second-order valence-electron chi connectivity index (χ2n) is 19.6. The summed E-state index contributed by atoms with van der Waals surface area (Å²) in [6.45, 7) is 8.59. The number of carbonyl (C=O) groups excluding carboxylic acids is 1. The van der Waals surface area contributed by atoms with Crippen molar-refractivity contribution in [3.8, 4) is 22.9 Å². The molecule has 12 heteroatoms. The summed E-state index contributed by atoms with van der Waals surface area (Å²) in [7, 11) is 0. The van der Waals surface area contributed by atoms with E-state index in [1.54, 1.807) is 6.92 Å². The number of carbonyl (C=O) groups is 1. The van der Waals surface area contributed by atoms with Gasteiger partial charge in [0.1, 0.15) is 34.0 Å². The van der Waals surface area contributed by atoms with Gasteiger partial charge in [-0.05, 0) is 99.6 Å². The highest BCUT2D eigenvalue weighted by atomic mass is 19.1. The van der Waals surface area contributed by atoms with Crippen LogP contribution in [0.15, 0.2) is 109 Å². The number of halogens is 1. The number of likely N-dealkylation sites (tertiary alicyclic amines) is 1. The van der Waals surface area contributed by atoms with Gasteiger partial charge < -0.3 is 29.5 Å². The van der Waals surface area contributed by atoms with Crippen LogP contribution in [0.5, 0.6) is 11.8 Å². The Labute approximate surface area is 377 Å². The topological polar surface area (TPSA) is 126 Å². The van der Waals surface area contributed by atoms with E-state index in [1.165, 1.54) is 6.07 Å². The molecule has 0 spiro atoms. The Hall–Kier alpha value is -6.53. The number of benzene rings is 5. The van der Waals surface area contributed by atoms with Crippen molar-refractivity contribution in [1.82, 2.24) is 24.6 Å². The van der Waals surface area contributed by atoms with Gasteiger partial charge >= 0.3 is 12.1 Å². The summed E-state index contributed by atoms with van der Waals surface area (Å²) in [6, 6.07) is 34.3. The number of phenolic OH excluding ortho intramolecular Hbond substituents is 1. The first-order chi connectivity index (χ1) is 31.4. The molecule has 2 aliphatic carbocycles. The molecule has 0 radical (unpaired) electrons. The molecule has 65 heavy (non-hydrogen) atoms. The lowest BCUT2D eigenvalue weighted by molar-refractivity contribution is 0.0214. The van der Waals surface area contributed by atoms with Gasteiger partial charge in [0.25, 0.3) is 0 Å². The van der Waals surface area contributed by atoms with Crippen LogP contribution in [0, 0.1) is 18.2 Å². The molecule has 4 fully saturated rings. The van der Waals surface area contributed by atoms with Crippen LogP contribution in [0.3, 0.4) is 0 Å². The fourth-order valence-corrected chi connectivity index (χ4v) is 10.4. The highest BCUT2D eigenvalue weighted by Crippen LogP contribution is 2.54. The van der Waals surface area contributed by atoms with Crippen LogP contribution >= 0.6 is 0 Å². The van der Waals surface area contributed by atoms with E-state index in [-0.39, 0.29) is 54.5 Å². The number of amides is 1.